The summed E-state index contributed by atoms with van der Waals surface area (Å²) in [6.07, 6.45) is 4.76. The zero-order chi connectivity index (χ0) is 24.3. The second kappa shape index (κ2) is 10.1. The number of nitrogens with zero attached hydrogens (tertiary/aromatic N) is 2. The van der Waals surface area contributed by atoms with Crippen LogP contribution in [0, 0.1) is 6.92 Å². The van der Waals surface area contributed by atoms with Gasteiger partial charge in [0.25, 0.3) is 5.56 Å². The number of methoxy groups -OCH3 is 1. The fraction of sp³-hybridized carbons (Fsp3) is 0.375. The monoisotopic (exact) mass is 501 g/mol. The van der Waals surface area contributed by atoms with Crippen LogP contribution in [0.15, 0.2) is 57.7 Å². The van der Waals surface area contributed by atoms with Crippen molar-refractivity contribution < 1.29 is 17.9 Å². The third kappa shape index (κ3) is 5.07. The lowest BCUT2D eigenvalue weighted by atomic mass is 10.0. The quantitative estimate of drug-likeness (QED) is 0.504. The van der Waals surface area contributed by atoms with Crippen LogP contribution in [0.2, 0.25) is 0 Å². The summed E-state index contributed by atoms with van der Waals surface area (Å²) in [7, 11) is -2.03. The van der Waals surface area contributed by atoms with Crippen molar-refractivity contribution >= 4 is 32.2 Å². The second-order valence-corrected chi connectivity index (χ2v) is 11.5. The number of pyridine rings is 1. The van der Waals surface area contributed by atoms with Gasteiger partial charge in [-0.3, -0.25) is 9.59 Å². The molecule has 1 aliphatic carbocycles. The van der Waals surface area contributed by atoms with Crippen LogP contribution in [0.1, 0.15) is 43.0 Å². The molecule has 4 rings (SSSR count). The molecule has 0 saturated heterocycles. The number of sulfone groups is 1. The summed E-state index contributed by atoms with van der Waals surface area (Å²) in [6, 6.07) is 9.02. The van der Waals surface area contributed by atoms with E-state index in [1.54, 1.807) is 31.7 Å². The van der Waals surface area contributed by atoms with Gasteiger partial charge in [-0.15, -0.1) is 11.3 Å². The van der Waals surface area contributed by atoms with Crippen LogP contribution >= 0.6 is 11.3 Å². The number of hydrogen-bond donors (Lipinski definition) is 1. The van der Waals surface area contributed by atoms with Crippen LogP contribution in [0.25, 0.3) is 0 Å². The molecule has 180 valence electrons. The van der Waals surface area contributed by atoms with Crippen molar-refractivity contribution in [2.45, 2.75) is 55.2 Å². The highest BCUT2D eigenvalue weighted by Gasteiger charge is 2.32. The Hall–Kier alpha value is -2.98. The minimum Gasteiger partial charge on any atom is -0.497 e. The number of aromatic nitrogens is 2. The van der Waals surface area contributed by atoms with E-state index in [4.69, 9.17) is 4.74 Å². The Morgan fingerprint density at radius 2 is 2.03 bits per heavy atom. The molecule has 34 heavy (non-hydrogen) atoms. The van der Waals surface area contributed by atoms with Crippen molar-refractivity contribution in [3.8, 4) is 5.75 Å². The lowest BCUT2D eigenvalue weighted by Gasteiger charge is -2.22. The Kier molecular flexibility index (Phi) is 7.18. The van der Waals surface area contributed by atoms with Gasteiger partial charge in [0.15, 0.2) is 15.0 Å². The standard InChI is InChI=1S/C24H27N3O5S2/c1-16-12-20(34(30,31)19-8-3-4-9-19)15-22(28)27(16)21(23(29)26-24-25-10-11-33-24)14-17-6-5-7-18(13-17)32-2/h5-7,10-13,15,19,21H,3-4,8-9,14H2,1-2H3,(H,25,26,29). The topological polar surface area (TPSA) is 107 Å². The van der Waals surface area contributed by atoms with Crippen LogP contribution < -0.4 is 15.6 Å². The summed E-state index contributed by atoms with van der Waals surface area (Å²) < 4.78 is 32.8. The molecule has 1 aliphatic rings. The third-order valence-corrected chi connectivity index (χ3v) is 9.07. The first-order valence-corrected chi connectivity index (χ1v) is 13.5. The lowest BCUT2D eigenvalue weighted by molar-refractivity contribution is -0.119. The van der Waals surface area contributed by atoms with E-state index >= 15 is 0 Å². The fourth-order valence-electron chi connectivity index (χ4n) is 4.43. The zero-order valence-corrected chi connectivity index (χ0v) is 20.7. The molecule has 2 heterocycles. The highest BCUT2D eigenvalue weighted by Crippen LogP contribution is 2.30. The number of hydrogen-bond acceptors (Lipinski definition) is 7. The number of carbonyl (C=O) groups is 1. The highest BCUT2D eigenvalue weighted by molar-refractivity contribution is 7.92. The first kappa shape index (κ1) is 24.2. The molecule has 0 aliphatic heterocycles. The maximum absolute atomic E-state index is 13.3. The van der Waals surface area contributed by atoms with Gasteiger partial charge < -0.3 is 14.6 Å². The predicted molar refractivity (Wildman–Crippen MR) is 131 cm³/mol. The van der Waals surface area contributed by atoms with E-state index in [9.17, 15) is 18.0 Å². The molecule has 1 saturated carbocycles. The maximum atomic E-state index is 13.3. The van der Waals surface area contributed by atoms with Crippen molar-refractivity contribution in [3.05, 3.63) is 69.6 Å². The number of amides is 1. The number of aryl methyl sites for hydroxylation is 1. The number of thiazole rings is 1. The molecule has 1 unspecified atom stereocenters. The maximum Gasteiger partial charge on any atom is 0.252 e. The van der Waals surface area contributed by atoms with Gasteiger partial charge in [-0.1, -0.05) is 25.0 Å². The lowest BCUT2D eigenvalue weighted by Crippen LogP contribution is -2.36. The van der Waals surface area contributed by atoms with Gasteiger partial charge in [0.2, 0.25) is 5.91 Å². The average molecular weight is 502 g/mol. The minimum atomic E-state index is -3.59. The normalized spacial score (nSPS) is 15.2. The summed E-state index contributed by atoms with van der Waals surface area (Å²) in [5, 5.41) is 4.48. The van der Waals surface area contributed by atoms with Crippen molar-refractivity contribution in [2.75, 3.05) is 12.4 Å². The summed E-state index contributed by atoms with van der Waals surface area (Å²) >= 11 is 1.27. The number of benzene rings is 1. The van der Waals surface area contributed by atoms with E-state index < -0.39 is 32.6 Å². The van der Waals surface area contributed by atoms with Gasteiger partial charge in [0.1, 0.15) is 11.8 Å². The fourth-order valence-corrected chi connectivity index (χ4v) is 6.91. The summed E-state index contributed by atoms with van der Waals surface area (Å²) in [4.78, 5) is 30.7. The molecule has 0 spiro atoms. The van der Waals surface area contributed by atoms with Crippen LogP contribution in [0.4, 0.5) is 5.13 Å². The highest BCUT2D eigenvalue weighted by atomic mass is 32.2. The Bertz CT molecular complexity index is 1330. The van der Waals surface area contributed by atoms with Crippen molar-refractivity contribution in [1.82, 2.24) is 9.55 Å². The average Bonchev–Trinajstić information content (AvgIpc) is 3.53. The molecule has 1 amide bonds. The number of nitrogens with one attached hydrogen (secondary N) is 1. The van der Waals surface area contributed by atoms with Crippen molar-refractivity contribution in [1.29, 1.82) is 0 Å². The molecule has 1 atom stereocenters. The van der Waals surface area contributed by atoms with Crippen LogP contribution in [-0.4, -0.2) is 36.2 Å². The number of rotatable bonds is 8. The molecule has 1 aromatic carbocycles. The molecular weight excluding hydrogens is 474 g/mol. The Morgan fingerprint density at radius 3 is 2.68 bits per heavy atom. The van der Waals surface area contributed by atoms with E-state index in [1.807, 2.05) is 18.2 Å². The molecule has 1 fully saturated rings. The van der Waals surface area contributed by atoms with Crippen LogP contribution in [-0.2, 0) is 21.1 Å². The largest absolute Gasteiger partial charge is 0.497 e. The molecule has 0 radical (unpaired) electrons. The first-order chi connectivity index (χ1) is 16.3. The van der Waals surface area contributed by atoms with E-state index in [0.717, 1.165) is 24.5 Å². The van der Waals surface area contributed by atoms with Crippen LogP contribution in [0.5, 0.6) is 5.75 Å². The smallest absolute Gasteiger partial charge is 0.252 e. The molecule has 0 bridgehead atoms. The molecule has 2 aromatic heterocycles. The molecule has 8 nitrogen and oxygen atoms in total. The molecular formula is C24H27N3O5S2. The summed E-state index contributed by atoms with van der Waals surface area (Å²) in [6.45, 7) is 1.66. The number of carbonyl (C=O) groups excluding carboxylic acids is 1. The molecule has 10 heteroatoms. The van der Waals surface area contributed by atoms with Gasteiger partial charge >= 0.3 is 0 Å². The van der Waals surface area contributed by atoms with E-state index in [1.165, 1.54) is 22.0 Å². The van der Waals surface area contributed by atoms with Crippen molar-refractivity contribution in [2.24, 2.45) is 0 Å². The van der Waals surface area contributed by atoms with Crippen molar-refractivity contribution in [3.63, 3.8) is 0 Å². The van der Waals surface area contributed by atoms with Gasteiger partial charge in [-0.05, 0) is 43.5 Å². The minimum absolute atomic E-state index is 0.0265. The van der Waals surface area contributed by atoms with Crippen LogP contribution in [0.3, 0.4) is 0 Å². The van der Waals surface area contributed by atoms with Gasteiger partial charge in [0.05, 0.1) is 17.3 Å². The van der Waals surface area contributed by atoms with E-state index in [0.29, 0.717) is 29.4 Å². The predicted octanol–water partition coefficient (Wildman–Crippen LogP) is 3.76. The zero-order valence-electron chi connectivity index (χ0n) is 19.1. The number of anilines is 1. The van der Waals surface area contributed by atoms with Gasteiger partial charge in [-0.2, -0.15) is 0 Å². The van der Waals surface area contributed by atoms with E-state index in [-0.39, 0.29) is 11.3 Å². The second-order valence-electron chi connectivity index (χ2n) is 8.39. The molecule has 1 N–H and O–H groups in total. The Morgan fingerprint density at radius 1 is 1.26 bits per heavy atom. The third-order valence-electron chi connectivity index (χ3n) is 6.14. The number of ether oxygens (including phenoxy) is 1. The SMILES string of the molecule is COc1cccc(CC(C(=O)Nc2nccs2)n2c(C)cc(S(=O)(=O)C3CCCC3)cc2=O)c1. The Balaban J connectivity index is 1.74. The van der Waals surface area contributed by atoms with E-state index in [2.05, 4.69) is 10.3 Å². The summed E-state index contributed by atoms with van der Waals surface area (Å²) in [5.74, 6) is 0.230. The first-order valence-electron chi connectivity index (χ1n) is 11.1. The summed E-state index contributed by atoms with van der Waals surface area (Å²) in [5.41, 5.74) is 0.678. The molecule has 3 aromatic rings. The van der Waals surface area contributed by atoms with Gasteiger partial charge in [-0.25, -0.2) is 13.4 Å². The van der Waals surface area contributed by atoms with Gasteiger partial charge in [0, 0.05) is 29.8 Å². The Labute approximate surface area is 202 Å².